The Hall–Kier alpha value is -2.09. The minimum absolute atomic E-state index is 0.0641. The minimum atomic E-state index is -0.535. The van der Waals surface area contributed by atoms with Gasteiger partial charge in [0.25, 0.3) is 0 Å². The van der Waals surface area contributed by atoms with Gasteiger partial charge in [0.1, 0.15) is 0 Å². The first-order valence-corrected chi connectivity index (χ1v) is 10.6. The molecular weight excluding hydrogens is 403 g/mol. The van der Waals surface area contributed by atoms with Crippen molar-refractivity contribution in [2.75, 3.05) is 18.1 Å². The fourth-order valence-electron chi connectivity index (χ4n) is 3.52. The summed E-state index contributed by atoms with van der Waals surface area (Å²) in [7, 11) is -0.535. The van der Waals surface area contributed by atoms with Crippen LogP contribution < -0.4 is 15.1 Å². The molecule has 1 amide bonds. The van der Waals surface area contributed by atoms with E-state index in [4.69, 9.17) is 25.6 Å². The molecule has 0 N–H and O–H groups in total. The van der Waals surface area contributed by atoms with Gasteiger partial charge in [-0.2, -0.15) is 0 Å². The molecule has 30 heavy (non-hydrogen) atoms. The highest BCUT2D eigenvalue weighted by molar-refractivity contribution is 6.62. The quantitative estimate of drug-likeness (QED) is 0.701. The van der Waals surface area contributed by atoms with E-state index in [-0.39, 0.29) is 12.3 Å². The first kappa shape index (κ1) is 21.2. The summed E-state index contributed by atoms with van der Waals surface area (Å²) in [6, 6.07) is 9.25. The number of ether oxygens (including phenoxy) is 1. The summed E-state index contributed by atoms with van der Waals surface area (Å²) in [5.74, 6) is 1.02. The summed E-state index contributed by atoms with van der Waals surface area (Å²) < 4.78 is 18.2. The Morgan fingerprint density at radius 3 is 2.60 bits per heavy atom. The molecule has 2 aliphatic heterocycles. The molecule has 1 saturated heterocycles. The fourth-order valence-corrected chi connectivity index (χ4v) is 3.73. The lowest BCUT2D eigenvalue weighted by atomic mass is 9.80. The summed E-state index contributed by atoms with van der Waals surface area (Å²) in [6.45, 7) is 9.09. The Balaban J connectivity index is 1.59. The Morgan fingerprint density at radius 2 is 1.90 bits per heavy atom. The van der Waals surface area contributed by atoms with Gasteiger partial charge < -0.3 is 14.0 Å². The second-order valence-electron chi connectivity index (χ2n) is 8.69. The standard InChI is InChI=1S/C22H26BClN2O4/c1-21(2)22(3,4)30-23(29-21)16-13-18-20(25-14-16)26(10-7-11-28-18)19(27)12-15-8-5-6-9-17(15)24/h5-6,8-9,13-14H,7,10-12H2,1-4H3. The number of amides is 1. The van der Waals surface area contributed by atoms with E-state index in [9.17, 15) is 4.79 Å². The van der Waals surface area contributed by atoms with Crippen molar-refractivity contribution in [1.29, 1.82) is 0 Å². The first-order valence-electron chi connectivity index (χ1n) is 10.2. The predicted octanol–water partition coefficient (Wildman–Crippen LogP) is 3.39. The van der Waals surface area contributed by atoms with Crippen molar-refractivity contribution < 1.29 is 18.8 Å². The van der Waals surface area contributed by atoms with Crippen LogP contribution >= 0.6 is 11.6 Å². The number of aromatic nitrogens is 1. The van der Waals surface area contributed by atoms with Gasteiger partial charge in [0, 0.05) is 23.2 Å². The van der Waals surface area contributed by atoms with Crippen LogP contribution in [0, 0.1) is 0 Å². The second kappa shape index (κ2) is 7.87. The first-order chi connectivity index (χ1) is 14.2. The van der Waals surface area contributed by atoms with E-state index in [0.29, 0.717) is 29.7 Å². The number of hydrogen-bond donors (Lipinski definition) is 0. The van der Waals surface area contributed by atoms with Gasteiger partial charge in [0.05, 0.1) is 24.2 Å². The number of carbonyl (C=O) groups excluding carboxylic acids is 1. The SMILES string of the molecule is CC1(C)OB(c2cnc3c(c2)OCCCN3C(=O)Cc2ccccc2Cl)OC1(C)C. The van der Waals surface area contributed by atoms with Crippen LogP contribution in [-0.4, -0.2) is 42.4 Å². The zero-order valence-corrected chi connectivity index (χ0v) is 18.5. The molecule has 8 heteroatoms. The summed E-state index contributed by atoms with van der Waals surface area (Å²) in [4.78, 5) is 19.3. The lowest BCUT2D eigenvalue weighted by Crippen LogP contribution is -2.41. The Kier molecular flexibility index (Phi) is 5.55. The van der Waals surface area contributed by atoms with Crippen LogP contribution in [0.5, 0.6) is 5.75 Å². The van der Waals surface area contributed by atoms with Crippen LogP contribution in [0.1, 0.15) is 39.7 Å². The van der Waals surface area contributed by atoms with Crippen LogP contribution in [0.2, 0.25) is 5.02 Å². The molecule has 4 rings (SSSR count). The summed E-state index contributed by atoms with van der Waals surface area (Å²) in [6.07, 6.45) is 2.63. The third-order valence-electron chi connectivity index (χ3n) is 6.02. The number of hydrogen-bond acceptors (Lipinski definition) is 5. The van der Waals surface area contributed by atoms with Crippen LogP contribution in [-0.2, 0) is 20.5 Å². The Bertz CT molecular complexity index is 950. The van der Waals surface area contributed by atoms with E-state index in [1.807, 2.05) is 52.0 Å². The van der Waals surface area contributed by atoms with E-state index < -0.39 is 18.3 Å². The summed E-state index contributed by atoms with van der Waals surface area (Å²) in [5.41, 5.74) is 0.683. The molecule has 0 atom stereocenters. The van der Waals surface area contributed by atoms with Gasteiger partial charge in [-0.25, -0.2) is 4.98 Å². The molecule has 0 bridgehead atoms. The number of rotatable bonds is 3. The van der Waals surface area contributed by atoms with E-state index >= 15 is 0 Å². The largest absolute Gasteiger partial charge is 0.496 e. The van der Waals surface area contributed by atoms with Crippen molar-refractivity contribution in [3.05, 3.63) is 47.1 Å². The molecule has 0 aliphatic carbocycles. The number of fused-ring (bicyclic) bond motifs is 1. The third-order valence-corrected chi connectivity index (χ3v) is 6.39. The molecule has 0 radical (unpaired) electrons. The van der Waals surface area contributed by atoms with Gasteiger partial charge in [0.15, 0.2) is 11.6 Å². The van der Waals surface area contributed by atoms with E-state index in [1.54, 1.807) is 17.2 Å². The number of carbonyl (C=O) groups is 1. The maximum atomic E-state index is 13.1. The summed E-state index contributed by atoms with van der Waals surface area (Å²) >= 11 is 6.24. The average molecular weight is 429 g/mol. The highest BCUT2D eigenvalue weighted by Gasteiger charge is 2.52. The maximum Gasteiger partial charge on any atom is 0.496 e. The van der Waals surface area contributed by atoms with E-state index in [2.05, 4.69) is 4.98 Å². The van der Waals surface area contributed by atoms with Crippen LogP contribution in [0.15, 0.2) is 36.5 Å². The molecule has 2 aromatic rings. The monoisotopic (exact) mass is 428 g/mol. The Labute approximate surface area is 182 Å². The molecule has 1 fully saturated rings. The number of anilines is 1. The zero-order valence-electron chi connectivity index (χ0n) is 17.8. The molecule has 1 aromatic heterocycles. The molecular formula is C22H26BClN2O4. The number of pyridine rings is 1. The maximum absolute atomic E-state index is 13.1. The van der Waals surface area contributed by atoms with Crippen molar-refractivity contribution in [2.24, 2.45) is 0 Å². The topological polar surface area (TPSA) is 60.9 Å². The summed E-state index contributed by atoms with van der Waals surface area (Å²) in [5, 5.41) is 0.584. The average Bonchev–Trinajstić information content (AvgIpc) is 2.83. The van der Waals surface area contributed by atoms with Crippen LogP contribution in [0.4, 0.5) is 5.82 Å². The fraction of sp³-hybridized carbons (Fsp3) is 0.455. The number of halogens is 1. The molecule has 0 spiro atoms. The van der Waals surface area contributed by atoms with Crippen LogP contribution in [0.3, 0.4) is 0 Å². The normalized spacial score (nSPS) is 19.8. The molecule has 6 nitrogen and oxygen atoms in total. The van der Waals surface area contributed by atoms with Gasteiger partial charge in [0.2, 0.25) is 5.91 Å². The van der Waals surface area contributed by atoms with Crippen molar-refractivity contribution >= 4 is 35.9 Å². The van der Waals surface area contributed by atoms with E-state index in [0.717, 1.165) is 17.4 Å². The smallest absolute Gasteiger partial charge is 0.490 e. The molecule has 0 saturated carbocycles. The predicted molar refractivity (Wildman–Crippen MR) is 118 cm³/mol. The Morgan fingerprint density at radius 1 is 1.20 bits per heavy atom. The number of nitrogens with zero attached hydrogens (tertiary/aromatic N) is 2. The van der Waals surface area contributed by atoms with Gasteiger partial charge in [-0.3, -0.25) is 9.69 Å². The van der Waals surface area contributed by atoms with Crippen molar-refractivity contribution in [2.45, 2.75) is 51.7 Å². The second-order valence-corrected chi connectivity index (χ2v) is 9.10. The molecule has 0 unspecified atom stereocenters. The highest BCUT2D eigenvalue weighted by Crippen LogP contribution is 2.37. The van der Waals surface area contributed by atoms with Gasteiger partial charge in [-0.05, 0) is 51.8 Å². The van der Waals surface area contributed by atoms with Gasteiger partial charge >= 0.3 is 7.12 Å². The highest BCUT2D eigenvalue weighted by atomic mass is 35.5. The molecule has 3 heterocycles. The lowest BCUT2D eigenvalue weighted by molar-refractivity contribution is -0.118. The lowest BCUT2D eigenvalue weighted by Gasteiger charge is -2.32. The zero-order chi connectivity index (χ0) is 21.5. The number of benzene rings is 1. The van der Waals surface area contributed by atoms with Crippen molar-refractivity contribution in [1.82, 2.24) is 4.98 Å². The van der Waals surface area contributed by atoms with Gasteiger partial charge in [-0.1, -0.05) is 29.8 Å². The van der Waals surface area contributed by atoms with Crippen LogP contribution in [0.25, 0.3) is 0 Å². The minimum Gasteiger partial charge on any atom is -0.490 e. The van der Waals surface area contributed by atoms with Crippen molar-refractivity contribution in [3.8, 4) is 5.75 Å². The van der Waals surface area contributed by atoms with Crippen molar-refractivity contribution in [3.63, 3.8) is 0 Å². The molecule has 158 valence electrons. The molecule has 1 aromatic carbocycles. The third kappa shape index (κ3) is 3.94. The van der Waals surface area contributed by atoms with Gasteiger partial charge in [-0.15, -0.1) is 0 Å². The van der Waals surface area contributed by atoms with E-state index in [1.165, 1.54) is 0 Å². The molecule has 2 aliphatic rings.